The average Bonchev–Trinajstić information content (AvgIpc) is 2.73. The number of likely N-dealkylation sites (N-methyl/N-ethyl adjacent to an activating group) is 1. The molecule has 0 saturated carbocycles. The Bertz CT molecular complexity index is 721. The number of carbonyl (C=O) groups is 3. The Morgan fingerprint density at radius 2 is 1.90 bits per heavy atom. The minimum Gasteiger partial charge on any atom is -0.339 e. The number of piperazine rings is 1. The van der Waals surface area contributed by atoms with Crippen molar-refractivity contribution < 1.29 is 14.4 Å². The first kappa shape index (κ1) is 12.7. The standard InChI is InChI=1S/C14H13N3O3S/c1-13-11(19)16-9(10(18)17(13)2)14(21-13)7-5-3-4-6-8(7)15-12(14)20/h3-6,9H,1-2H3,(H,15,20)(H,16,19). The van der Waals surface area contributed by atoms with Gasteiger partial charge in [-0.05, 0) is 13.0 Å². The molecule has 4 heterocycles. The maximum Gasteiger partial charge on any atom is 0.256 e. The number of benzene rings is 1. The molecule has 0 aromatic heterocycles. The normalized spacial score (nSPS) is 36.8. The molecule has 3 unspecified atom stereocenters. The van der Waals surface area contributed by atoms with E-state index in [2.05, 4.69) is 10.6 Å². The predicted octanol–water partition coefficient (Wildman–Crippen LogP) is 0.254. The van der Waals surface area contributed by atoms with Gasteiger partial charge in [0.25, 0.3) is 5.91 Å². The molecule has 21 heavy (non-hydrogen) atoms. The summed E-state index contributed by atoms with van der Waals surface area (Å²) < 4.78 is -1.08. The number of nitrogens with one attached hydrogen (secondary N) is 2. The van der Waals surface area contributed by atoms with Crippen LogP contribution in [0.4, 0.5) is 5.69 Å². The Kier molecular flexibility index (Phi) is 2.17. The highest BCUT2D eigenvalue weighted by atomic mass is 32.2. The van der Waals surface area contributed by atoms with Crippen LogP contribution in [0.15, 0.2) is 24.3 Å². The summed E-state index contributed by atoms with van der Waals surface area (Å²) >= 11 is 1.25. The third-order valence-electron chi connectivity index (χ3n) is 4.59. The molecule has 3 fully saturated rings. The van der Waals surface area contributed by atoms with E-state index in [0.717, 1.165) is 5.56 Å². The number of nitrogens with zero attached hydrogens (tertiary/aromatic N) is 1. The number of fused-ring (bicyclic) bond motifs is 3. The molecule has 3 atom stereocenters. The van der Waals surface area contributed by atoms with Crippen molar-refractivity contribution in [2.24, 2.45) is 0 Å². The van der Waals surface area contributed by atoms with E-state index < -0.39 is 15.7 Å². The van der Waals surface area contributed by atoms with E-state index in [9.17, 15) is 14.4 Å². The zero-order chi connectivity index (χ0) is 15.0. The zero-order valence-electron chi connectivity index (χ0n) is 11.5. The van der Waals surface area contributed by atoms with E-state index in [1.807, 2.05) is 24.3 Å². The number of anilines is 1. The fourth-order valence-electron chi connectivity index (χ4n) is 3.29. The van der Waals surface area contributed by atoms with Crippen molar-refractivity contribution in [2.75, 3.05) is 12.4 Å². The molecule has 108 valence electrons. The number of thioether (sulfide) groups is 1. The minimum atomic E-state index is -1.08. The monoisotopic (exact) mass is 303 g/mol. The van der Waals surface area contributed by atoms with Crippen LogP contribution in [0.5, 0.6) is 0 Å². The van der Waals surface area contributed by atoms with Gasteiger partial charge in [0, 0.05) is 18.3 Å². The number of hydrogen-bond donors (Lipinski definition) is 2. The molecule has 1 spiro atoms. The average molecular weight is 303 g/mol. The highest BCUT2D eigenvalue weighted by molar-refractivity contribution is 8.03. The van der Waals surface area contributed by atoms with Crippen LogP contribution >= 0.6 is 11.8 Å². The summed E-state index contributed by atoms with van der Waals surface area (Å²) in [5, 5.41) is 5.56. The van der Waals surface area contributed by atoms with Crippen LogP contribution in [0.1, 0.15) is 12.5 Å². The third kappa shape index (κ3) is 1.23. The lowest BCUT2D eigenvalue weighted by molar-refractivity contribution is -0.153. The second kappa shape index (κ2) is 3.59. The molecule has 0 radical (unpaired) electrons. The highest BCUT2D eigenvalue weighted by Crippen LogP contribution is 2.58. The van der Waals surface area contributed by atoms with E-state index >= 15 is 0 Å². The lowest BCUT2D eigenvalue weighted by Gasteiger charge is -2.55. The SMILES string of the molecule is CN1C(=O)C2NC(=O)C1(C)SC21C(=O)Nc2ccccc21. The predicted molar refractivity (Wildman–Crippen MR) is 77.4 cm³/mol. The van der Waals surface area contributed by atoms with Crippen molar-refractivity contribution in [1.82, 2.24) is 10.2 Å². The fraction of sp³-hybridized carbons (Fsp3) is 0.357. The Morgan fingerprint density at radius 3 is 2.67 bits per heavy atom. The van der Waals surface area contributed by atoms with Gasteiger partial charge in [-0.15, -0.1) is 0 Å². The van der Waals surface area contributed by atoms with Crippen LogP contribution in [0.25, 0.3) is 0 Å². The molecule has 2 bridgehead atoms. The molecule has 7 heteroatoms. The minimum absolute atomic E-state index is 0.234. The van der Waals surface area contributed by atoms with Gasteiger partial charge in [-0.1, -0.05) is 30.0 Å². The first-order chi connectivity index (χ1) is 9.91. The smallest absolute Gasteiger partial charge is 0.256 e. The van der Waals surface area contributed by atoms with Crippen molar-refractivity contribution in [2.45, 2.75) is 22.6 Å². The maximum atomic E-state index is 12.6. The van der Waals surface area contributed by atoms with Gasteiger partial charge in [0.05, 0.1) is 0 Å². The van der Waals surface area contributed by atoms with Gasteiger partial charge < -0.3 is 15.5 Å². The van der Waals surface area contributed by atoms with Crippen LogP contribution in [0.2, 0.25) is 0 Å². The molecule has 2 N–H and O–H groups in total. The van der Waals surface area contributed by atoms with Crippen molar-refractivity contribution in [1.29, 1.82) is 0 Å². The van der Waals surface area contributed by atoms with Crippen LogP contribution < -0.4 is 10.6 Å². The molecule has 1 aromatic rings. The quantitative estimate of drug-likeness (QED) is 0.720. The summed E-state index contributed by atoms with van der Waals surface area (Å²) in [6, 6.07) is 6.44. The van der Waals surface area contributed by atoms with E-state index in [1.54, 1.807) is 14.0 Å². The maximum absolute atomic E-state index is 12.6. The molecule has 4 aliphatic heterocycles. The Hall–Kier alpha value is -2.02. The molecule has 3 saturated heterocycles. The molecular weight excluding hydrogens is 290 g/mol. The fourth-order valence-corrected chi connectivity index (χ4v) is 5.00. The van der Waals surface area contributed by atoms with E-state index in [4.69, 9.17) is 0 Å². The van der Waals surface area contributed by atoms with Gasteiger partial charge in [0.2, 0.25) is 11.8 Å². The summed E-state index contributed by atoms with van der Waals surface area (Å²) in [6.07, 6.45) is 0. The van der Waals surface area contributed by atoms with Crippen LogP contribution in [-0.4, -0.2) is 40.6 Å². The summed E-state index contributed by atoms with van der Waals surface area (Å²) in [5.74, 6) is -0.712. The first-order valence-corrected chi connectivity index (χ1v) is 7.42. The van der Waals surface area contributed by atoms with Gasteiger partial charge in [-0.25, -0.2) is 0 Å². The van der Waals surface area contributed by atoms with Gasteiger partial charge >= 0.3 is 0 Å². The van der Waals surface area contributed by atoms with Gasteiger partial charge in [-0.3, -0.25) is 14.4 Å². The van der Waals surface area contributed by atoms with E-state index in [0.29, 0.717) is 5.69 Å². The first-order valence-electron chi connectivity index (χ1n) is 6.61. The number of rotatable bonds is 0. The molecule has 5 rings (SSSR count). The largest absolute Gasteiger partial charge is 0.339 e. The van der Waals surface area contributed by atoms with Gasteiger partial charge in [0.1, 0.15) is 6.04 Å². The third-order valence-corrected chi connectivity index (χ3v) is 6.41. The molecule has 1 aromatic carbocycles. The van der Waals surface area contributed by atoms with E-state index in [1.165, 1.54) is 16.7 Å². The van der Waals surface area contributed by atoms with Crippen molar-refractivity contribution in [3.8, 4) is 0 Å². The van der Waals surface area contributed by atoms with Gasteiger partial charge in [-0.2, -0.15) is 0 Å². The molecule has 3 amide bonds. The Labute approximate surface area is 125 Å². The van der Waals surface area contributed by atoms with Crippen molar-refractivity contribution in [3.05, 3.63) is 29.8 Å². The molecule has 6 nitrogen and oxygen atoms in total. The topological polar surface area (TPSA) is 78.5 Å². The lowest BCUT2D eigenvalue weighted by atomic mass is 9.87. The number of para-hydroxylation sites is 1. The van der Waals surface area contributed by atoms with Crippen LogP contribution in [0, 0.1) is 0 Å². The summed E-state index contributed by atoms with van der Waals surface area (Å²) in [7, 11) is 1.60. The van der Waals surface area contributed by atoms with E-state index in [-0.39, 0.29) is 17.7 Å². The molecule has 4 aliphatic rings. The van der Waals surface area contributed by atoms with Crippen molar-refractivity contribution in [3.63, 3.8) is 0 Å². The molecule has 0 aliphatic carbocycles. The zero-order valence-corrected chi connectivity index (χ0v) is 12.3. The number of carbonyl (C=O) groups excluding carboxylic acids is 3. The van der Waals surface area contributed by atoms with Crippen LogP contribution in [-0.2, 0) is 19.1 Å². The number of amides is 3. The van der Waals surface area contributed by atoms with Gasteiger partial charge in [0.15, 0.2) is 9.62 Å². The summed E-state index contributed by atoms with van der Waals surface area (Å²) in [4.78, 5) is 37.8. The van der Waals surface area contributed by atoms with Crippen molar-refractivity contribution >= 4 is 35.2 Å². The Balaban J connectivity index is 1.97. The Morgan fingerprint density at radius 1 is 1.19 bits per heavy atom. The second-order valence-electron chi connectivity index (χ2n) is 5.62. The highest BCUT2D eigenvalue weighted by Gasteiger charge is 2.70. The lowest BCUT2D eigenvalue weighted by Crippen LogP contribution is -2.78. The van der Waals surface area contributed by atoms with Crippen LogP contribution in [0.3, 0.4) is 0 Å². The molecular formula is C14H13N3O3S. The number of hydrogen-bond acceptors (Lipinski definition) is 4. The second-order valence-corrected chi connectivity index (χ2v) is 7.27. The summed E-state index contributed by atoms with van der Waals surface area (Å²) in [5.41, 5.74) is 1.47. The summed E-state index contributed by atoms with van der Waals surface area (Å²) in [6.45, 7) is 1.68.